The molecule has 1 rings (SSSR count). The fourth-order valence-corrected chi connectivity index (χ4v) is 1.48. The van der Waals surface area contributed by atoms with Crippen LogP contribution in [0.15, 0.2) is 22.7 Å². The van der Waals surface area contributed by atoms with Gasteiger partial charge in [-0.15, -0.1) is 0 Å². The summed E-state index contributed by atoms with van der Waals surface area (Å²) >= 11 is 3.31. The lowest BCUT2D eigenvalue weighted by Gasteiger charge is -2.09. The van der Waals surface area contributed by atoms with Gasteiger partial charge in [0, 0.05) is 25.4 Å². The van der Waals surface area contributed by atoms with Crippen LogP contribution < -0.4 is 15.8 Å². The summed E-state index contributed by atoms with van der Waals surface area (Å²) in [6.07, 6.45) is 0. The fraction of sp³-hybridized carbons (Fsp3) is 0.364. The predicted molar refractivity (Wildman–Crippen MR) is 68.9 cm³/mol. The fourth-order valence-electron chi connectivity index (χ4n) is 1.12. The van der Waals surface area contributed by atoms with E-state index in [0.29, 0.717) is 24.6 Å². The Labute approximate surface area is 108 Å². The molecule has 6 heteroatoms. The van der Waals surface area contributed by atoms with E-state index in [4.69, 9.17) is 15.2 Å². The number of nitrogens with two attached hydrogens (primary N) is 1. The number of rotatable bonds is 6. The maximum atomic E-state index is 11.3. The molecule has 0 spiro atoms. The van der Waals surface area contributed by atoms with Crippen molar-refractivity contribution in [3.05, 3.63) is 22.7 Å². The van der Waals surface area contributed by atoms with Gasteiger partial charge in [-0.05, 0) is 28.1 Å². The molecule has 0 aromatic heterocycles. The van der Waals surface area contributed by atoms with Crippen LogP contribution in [0.1, 0.15) is 0 Å². The van der Waals surface area contributed by atoms with Crippen molar-refractivity contribution < 1.29 is 14.3 Å². The molecule has 0 radical (unpaired) electrons. The molecule has 0 atom stereocenters. The zero-order valence-corrected chi connectivity index (χ0v) is 11.1. The standard InChI is InChI=1S/C11H15BrN2O3/c1-16-5-4-14-11(15)7-17-10-6-8(13)2-3-9(10)12/h2-3,6H,4-5,7,13H2,1H3,(H,14,15). The number of hydrogen-bond acceptors (Lipinski definition) is 4. The average Bonchev–Trinajstić information content (AvgIpc) is 2.31. The summed E-state index contributed by atoms with van der Waals surface area (Å²) in [5, 5.41) is 2.65. The Balaban J connectivity index is 2.39. The molecule has 1 aromatic carbocycles. The highest BCUT2D eigenvalue weighted by atomic mass is 79.9. The van der Waals surface area contributed by atoms with E-state index < -0.39 is 0 Å². The van der Waals surface area contributed by atoms with Crippen molar-refractivity contribution in [2.45, 2.75) is 0 Å². The van der Waals surface area contributed by atoms with Crippen LogP contribution in [0.2, 0.25) is 0 Å². The summed E-state index contributed by atoms with van der Waals surface area (Å²) in [4.78, 5) is 11.3. The maximum absolute atomic E-state index is 11.3. The van der Waals surface area contributed by atoms with Crippen molar-refractivity contribution >= 4 is 27.5 Å². The van der Waals surface area contributed by atoms with Crippen LogP contribution in [0.3, 0.4) is 0 Å². The molecule has 1 aromatic rings. The smallest absolute Gasteiger partial charge is 0.258 e. The van der Waals surface area contributed by atoms with E-state index in [2.05, 4.69) is 21.2 Å². The van der Waals surface area contributed by atoms with Gasteiger partial charge in [-0.1, -0.05) is 0 Å². The Hall–Kier alpha value is -1.27. The zero-order valence-electron chi connectivity index (χ0n) is 9.53. The van der Waals surface area contributed by atoms with Crippen LogP contribution in [0.25, 0.3) is 0 Å². The average molecular weight is 303 g/mol. The SMILES string of the molecule is COCCNC(=O)COc1cc(N)ccc1Br. The van der Waals surface area contributed by atoms with Crippen molar-refractivity contribution in [1.29, 1.82) is 0 Å². The molecule has 0 aliphatic carbocycles. The Morgan fingerprint density at radius 2 is 2.29 bits per heavy atom. The number of halogens is 1. The Kier molecular flexibility index (Phi) is 5.79. The van der Waals surface area contributed by atoms with E-state index in [1.807, 2.05) is 0 Å². The van der Waals surface area contributed by atoms with Crippen molar-refractivity contribution in [2.24, 2.45) is 0 Å². The van der Waals surface area contributed by atoms with Gasteiger partial charge in [0.1, 0.15) is 5.75 Å². The van der Waals surface area contributed by atoms with Crippen LogP contribution in [-0.2, 0) is 9.53 Å². The molecule has 0 saturated carbocycles. The van der Waals surface area contributed by atoms with Crippen LogP contribution in [0.4, 0.5) is 5.69 Å². The normalized spacial score (nSPS) is 10.0. The molecular formula is C11H15BrN2O3. The monoisotopic (exact) mass is 302 g/mol. The van der Waals surface area contributed by atoms with Gasteiger partial charge >= 0.3 is 0 Å². The second kappa shape index (κ2) is 7.13. The van der Waals surface area contributed by atoms with Crippen molar-refractivity contribution in [3.63, 3.8) is 0 Å². The number of benzene rings is 1. The van der Waals surface area contributed by atoms with Crippen LogP contribution >= 0.6 is 15.9 Å². The molecule has 0 saturated heterocycles. The number of anilines is 1. The van der Waals surface area contributed by atoms with Crippen LogP contribution in [0, 0.1) is 0 Å². The molecule has 5 nitrogen and oxygen atoms in total. The van der Waals surface area contributed by atoms with Crippen molar-refractivity contribution in [1.82, 2.24) is 5.32 Å². The minimum absolute atomic E-state index is 0.0498. The van der Waals surface area contributed by atoms with E-state index in [1.165, 1.54) is 0 Å². The summed E-state index contributed by atoms with van der Waals surface area (Å²) in [6, 6.07) is 5.18. The van der Waals surface area contributed by atoms with Gasteiger partial charge < -0.3 is 20.5 Å². The molecule has 0 unspecified atom stereocenters. The number of carbonyl (C=O) groups excluding carboxylic acids is 1. The van der Waals surface area contributed by atoms with E-state index >= 15 is 0 Å². The number of ether oxygens (including phenoxy) is 2. The van der Waals surface area contributed by atoms with Gasteiger partial charge in [0.05, 0.1) is 11.1 Å². The lowest BCUT2D eigenvalue weighted by atomic mass is 10.3. The quantitative estimate of drug-likeness (QED) is 0.611. The molecule has 1 amide bonds. The highest BCUT2D eigenvalue weighted by Crippen LogP contribution is 2.26. The number of amides is 1. The van der Waals surface area contributed by atoms with Gasteiger partial charge in [-0.2, -0.15) is 0 Å². The van der Waals surface area contributed by atoms with Crippen molar-refractivity contribution in [3.8, 4) is 5.75 Å². The summed E-state index contributed by atoms with van der Waals surface area (Å²) in [5.41, 5.74) is 6.20. The highest BCUT2D eigenvalue weighted by Gasteiger charge is 2.05. The molecule has 0 aliphatic rings. The summed E-state index contributed by atoms with van der Waals surface area (Å²) < 4.78 is 10.9. The van der Waals surface area contributed by atoms with Crippen LogP contribution in [0.5, 0.6) is 5.75 Å². The number of nitrogens with one attached hydrogen (secondary N) is 1. The third-order valence-corrected chi connectivity index (χ3v) is 2.60. The summed E-state index contributed by atoms with van der Waals surface area (Å²) in [6.45, 7) is 0.899. The van der Waals surface area contributed by atoms with E-state index in [9.17, 15) is 4.79 Å². The summed E-state index contributed by atoms with van der Waals surface area (Å²) in [5.74, 6) is 0.350. The highest BCUT2D eigenvalue weighted by molar-refractivity contribution is 9.10. The number of carbonyl (C=O) groups is 1. The lowest BCUT2D eigenvalue weighted by molar-refractivity contribution is -0.123. The van der Waals surface area contributed by atoms with E-state index in [0.717, 1.165) is 4.47 Å². The first kappa shape index (κ1) is 13.8. The Morgan fingerprint density at radius 3 is 3.00 bits per heavy atom. The minimum Gasteiger partial charge on any atom is -0.483 e. The number of hydrogen-bond donors (Lipinski definition) is 2. The first-order valence-corrected chi connectivity index (χ1v) is 5.86. The maximum Gasteiger partial charge on any atom is 0.258 e. The predicted octanol–water partition coefficient (Wildman–Crippen LogP) is 1.17. The molecule has 17 heavy (non-hydrogen) atoms. The largest absolute Gasteiger partial charge is 0.483 e. The molecule has 0 bridgehead atoms. The number of nitrogen functional groups attached to an aromatic ring is 1. The molecule has 94 valence electrons. The Bertz CT molecular complexity index is 385. The second-order valence-corrected chi connectivity index (χ2v) is 4.18. The number of methoxy groups -OCH3 is 1. The zero-order chi connectivity index (χ0) is 12.7. The van der Waals surface area contributed by atoms with E-state index in [-0.39, 0.29) is 12.5 Å². The molecule has 3 N–H and O–H groups in total. The molecule has 0 heterocycles. The van der Waals surface area contributed by atoms with Gasteiger partial charge in [0.25, 0.3) is 5.91 Å². The first-order chi connectivity index (χ1) is 8.13. The third kappa shape index (κ3) is 5.06. The molecular weight excluding hydrogens is 288 g/mol. The Morgan fingerprint density at radius 1 is 1.53 bits per heavy atom. The van der Waals surface area contributed by atoms with Gasteiger partial charge in [-0.25, -0.2) is 0 Å². The molecule has 0 aliphatic heterocycles. The molecule has 0 fully saturated rings. The minimum atomic E-state index is -0.198. The van der Waals surface area contributed by atoms with Gasteiger partial charge in [0.15, 0.2) is 6.61 Å². The second-order valence-electron chi connectivity index (χ2n) is 3.32. The van der Waals surface area contributed by atoms with Crippen LogP contribution in [-0.4, -0.2) is 32.8 Å². The lowest BCUT2D eigenvalue weighted by Crippen LogP contribution is -2.31. The third-order valence-electron chi connectivity index (χ3n) is 1.94. The van der Waals surface area contributed by atoms with Gasteiger partial charge in [0.2, 0.25) is 0 Å². The van der Waals surface area contributed by atoms with Gasteiger partial charge in [-0.3, -0.25) is 4.79 Å². The topological polar surface area (TPSA) is 73.6 Å². The van der Waals surface area contributed by atoms with Crippen molar-refractivity contribution in [2.75, 3.05) is 32.6 Å². The summed E-state index contributed by atoms with van der Waals surface area (Å²) in [7, 11) is 1.58. The first-order valence-electron chi connectivity index (χ1n) is 5.07. The van der Waals surface area contributed by atoms with E-state index in [1.54, 1.807) is 25.3 Å².